The molecule has 0 fully saturated rings. The van der Waals surface area contributed by atoms with Gasteiger partial charge in [0.25, 0.3) is 5.56 Å². The summed E-state index contributed by atoms with van der Waals surface area (Å²) >= 11 is 0. The molecule has 0 unspecified atom stereocenters. The summed E-state index contributed by atoms with van der Waals surface area (Å²) in [7, 11) is 0. The van der Waals surface area contributed by atoms with Crippen molar-refractivity contribution in [3.8, 4) is 0 Å². The average molecular weight is 184 g/mol. The molecule has 0 amide bonds. The summed E-state index contributed by atoms with van der Waals surface area (Å²) in [5.74, 6) is 0. The second-order valence-electron chi connectivity index (χ2n) is 2.60. The number of hydrogen-bond donors (Lipinski definition) is 1. The lowest BCUT2D eigenvalue weighted by atomic mass is 10.6. The van der Waals surface area contributed by atoms with E-state index < -0.39 is 0 Å². The van der Waals surface area contributed by atoms with Crippen LogP contribution in [0.1, 0.15) is 27.2 Å². The van der Waals surface area contributed by atoms with E-state index in [1.54, 1.807) is 0 Å². The quantitative estimate of drug-likeness (QED) is 0.707. The summed E-state index contributed by atoms with van der Waals surface area (Å²) in [6.45, 7) is 6.66. The second kappa shape index (κ2) is 6.22. The van der Waals surface area contributed by atoms with Gasteiger partial charge in [0.1, 0.15) is 0 Å². The van der Waals surface area contributed by atoms with E-state index >= 15 is 0 Å². The minimum absolute atomic E-state index is 0.352. The fourth-order valence-corrected chi connectivity index (χ4v) is 0.693. The van der Waals surface area contributed by atoms with Crippen molar-refractivity contribution in [2.45, 2.75) is 33.7 Å². The molecule has 0 aliphatic carbocycles. The Morgan fingerprint density at radius 1 is 1.31 bits per heavy atom. The molecule has 74 valence electrons. The minimum Gasteiger partial charge on any atom is -0.301 e. The van der Waals surface area contributed by atoms with Crippen molar-refractivity contribution >= 4 is 0 Å². The Labute approximate surface area is 77.2 Å². The molecule has 0 aliphatic rings. The van der Waals surface area contributed by atoms with Crippen LogP contribution in [0.15, 0.2) is 21.9 Å². The molecule has 0 aromatic carbocycles. The first-order valence-corrected chi connectivity index (χ1v) is 4.45. The van der Waals surface area contributed by atoms with Crippen LogP contribution in [0.3, 0.4) is 0 Å². The number of aromatic nitrogens is 2. The number of nitrogens with one attached hydrogen (secondary N) is 1. The first-order valence-electron chi connectivity index (χ1n) is 4.45. The van der Waals surface area contributed by atoms with Gasteiger partial charge in [-0.25, -0.2) is 4.79 Å². The predicted molar refractivity (Wildman–Crippen MR) is 53.0 cm³/mol. The van der Waals surface area contributed by atoms with Crippen molar-refractivity contribution in [3.05, 3.63) is 33.1 Å². The van der Waals surface area contributed by atoms with Gasteiger partial charge >= 0.3 is 5.69 Å². The van der Waals surface area contributed by atoms with Crippen LogP contribution in [0.5, 0.6) is 0 Å². The summed E-state index contributed by atoms with van der Waals surface area (Å²) in [6.07, 6.45) is 2.72. The van der Waals surface area contributed by atoms with E-state index in [1.165, 1.54) is 23.3 Å². The molecule has 1 rings (SSSR count). The fourth-order valence-electron chi connectivity index (χ4n) is 0.693. The third-order valence-electron chi connectivity index (χ3n) is 1.24. The van der Waals surface area contributed by atoms with Crippen LogP contribution in [-0.4, -0.2) is 9.55 Å². The van der Waals surface area contributed by atoms with E-state index in [2.05, 4.69) is 18.8 Å². The lowest BCUT2D eigenvalue weighted by Crippen LogP contribution is -2.27. The molecule has 0 atom stereocenters. The van der Waals surface area contributed by atoms with Crippen LogP contribution >= 0.6 is 0 Å². The molecular formula is C9H16N2O2. The normalized spacial score (nSPS) is 8.85. The number of H-pyrrole nitrogens is 1. The summed E-state index contributed by atoms with van der Waals surface area (Å²) in [5.41, 5.74) is -0.704. The molecular weight excluding hydrogens is 168 g/mol. The van der Waals surface area contributed by atoms with Crippen molar-refractivity contribution in [1.29, 1.82) is 0 Å². The van der Waals surface area contributed by atoms with Crippen LogP contribution in [0, 0.1) is 0 Å². The molecule has 4 nitrogen and oxygen atoms in total. The molecule has 4 heteroatoms. The Hall–Kier alpha value is -1.32. The van der Waals surface area contributed by atoms with Crippen molar-refractivity contribution in [2.24, 2.45) is 0 Å². The van der Waals surface area contributed by atoms with Crippen molar-refractivity contribution in [1.82, 2.24) is 9.55 Å². The van der Waals surface area contributed by atoms with Gasteiger partial charge in [-0.1, -0.05) is 20.3 Å². The van der Waals surface area contributed by atoms with Gasteiger partial charge in [-0.15, -0.1) is 0 Å². The SMILES string of the molecule is CCC.CCn1ccc(=O)[nH]c1=O. The summed E-state index contributed by atoms with van der Waals surface area (Å²) in [4.78, 5) is 23.4. The first-order chi connectivity index (χ1) is 6.15. The Bertz CT molecular complexity index is 338. The molecule has 1 aromatic rings. The molecule has 0 spiro atoms. The highest BCUT2D eigenvalue weighted by molar-refractivity contribution is 4.81. The van der Waals surface area contributed by atoms with E-state index in [4.69, 9.17) is 0 Å². The lowest BCUT2D eigenvalue weighted by Gasteiger charge is -1.95. The number of nitrogens with zero attached hydrogens (tertiary/aromatic N) is 1. The average Bonchev–Trinajstić information content (AvgIpc) is 2.06. The Kier molecular flexibility index (Phi) is 5.59. The smallest absolute Gasteiger partial charge is 0.301 e. The van der Waals surface area contributed by atoms with E-state index in [0.29, 0.717) is 6.54 Å². The molecule has 0 bridgehead atoms. The van der Waals surface area contributed by atoms with E-state index in [9.17, 15) is 9.59 Å². The zero-order valence-electron chi connectivity index (χ0n) is 8.33. The van der Waals surface area contributed by atoms with Gasteiger partial charge in [-0.2, -0.15) is 0 Å². The van der Waals surface area contributed by atoms with Crippen molar-refractivity contribution in [2.75, 3.05) is 0 Å². The molecule has 0 radical (unpaired) electrons. The van der Waals surface area contributed by atoms with Crippen LogP contribution < -0.4 is 11.2 Å². The topological polar surface area (TPSA) is 54.9 Å². The van der Waals surface area contributed by atoms with Gasteiger partial charge in [0.2, 0.25) is 0 Å². The predicted octanol–water partition coefficient (Wildman–Crippen LogP) is 0.973. The zero-order valence-corrected chi connectivity index (χ0v) is 8.33. The molecule has 1 N–H and O–H groups in total. The highest BCUT2D eigenvalue weighted by Crippen LogP contribution is 1.71. The van der Waals surface area contributed by atoms with Crippen LogP contribution in [0.25, 0.3) is 0 Å². The molecule has 13 heavy (non-hydrogen) atoms. The first kappa shape index (κ1) is 11.7. The standard InChI is InChI=1S/C6H8N2O2.C3H8/c1-2-8-4-3-5(9)7-6(8)10;1-3-2/h3-4H,2H2,1H3,(H,7,9,10);3H2,1-2H3. The van der Waals surface area contributed by atoms with E-state index in [-0.39, 0.29) is 11.2 Å². The molecule has 0 saturated carbocycles. The van der Waals surface area contributed by atoms with E-state index in [1.807, 2.05) is 6.92 Å². The van der Waals surface area contributed by atoms with Gasteiger partial charge in [0, 0.05) is 18.8 Å². The maximum Gasteiger partial charge on any atom is 0.328 e. The van der Waals surface area contributed by atoms with Gasteiger partial charge in [-0.05, 0) is 6.92 Å². The fraction of sp³-hybridized carbons (Fsp3) is 0.556. The highest BCUT2D eigenvalue weighted by Gasteiger charge is 1.89. The van der Waals surface area contributed by atoms with Crippen LogP contribution in [0.4, 0.5) is 0 Å². The Morgan fingerprint density at radius 2 is 1.85 bits per heavy atom. The number of aromatic amines is 1. The minimum atomic E-state index is -0.352. The maximum absolute atomic E-state index is 10.8. The van der Waals surface area contributed by atoms with Gasteiger partial charge in [-0.3, -0.25) is 9.78 Å². The summed E-state index contributed by atoms with van der Waals surface area (Å²) in [6, 6.07) is 1.32. The monoisotopic (exact) mass is 184 g/mol. The highest BCUT2D eigenvalue weighted by atomic mass is 16.2. The van der Waals surface area contributed by atoms with Crippen LogP contribution in [0.2, 0.25) is 0 Å². The maximum atomic E-state index is 10.8. The van der Waals surface area contributed by atoms with Crippen LogP contribution in [-0.2, 0) is 6.54 Å². The molecule has 0 aliphatic heterocycles. The third kappa shape index (κ3) is 4.30. The van der Waals surface area contributed by atoms with Gasteiger partial charge < -0.3 is 4.57 Å². The molecule has 1 heterocycles. The molecule has 0 saturated heterocycles. The van der Waals surface area contributed by atoms with Crippen molar-refractivity contribution < 1.29 is 0 Å². The Morgan fingerprint density at radius 3 is 2.23 bits per heavy atom. The summed E-state index contributed by atoms with van der Waals surface area (Å²) < 4.78 is 1.42. The number of aryl methyl sites for hydroxylation is 1. The third-order valence-corrected chi connectivity index (χ3v) is 1.24. The lowest BCUT2D eigenvalue weighted by molar-refractivity contribution is 0.693. The zero-order chi connectivity index (χ0) is 10.3. The Balaban J connectivity index is 0.000000424. The number of hydrogen-bond acceptors (Lipinski definition) is 2. The summed E-state index contributed by atoms with van der Waals surface area (Å²) in [5, 5.41) is 0. The van der Waals surface area contributed by atoms with Gasteiger partial charge in [0.15, 0.2) is 0 Å². The van der Waals surface area contributed by atoms with Crippen molar-refractivity contribution in [3.63, 3.8) is 0 Å². The van der Waals surface area contributed by atoms with Gasteiger partial charge in [0.05, 0.1) is 0 Å². The number of rotatable bonds is 1. The van der Waals surface area contributed by atoms with E-state index in [0.717, 1.165) is 0 Å². The second-order valence-corrected chi connectivity index (χ2v) is 2.60. The molecule has 1 aromatic heterocycles. The largest absolute Gasteiger partial charge is 0.328 e.